The summed E-state index contributed by atoms with van der Waals surface area (Å²) in [5, 5.41) is 10.6. The summed E-state index contributed by atoms with van der Waals surface area (Å²) in [6.45, 7) is 1.72. The minimum atomic E-state index is -0.404. The predicted octanol–water partition coefficient (Wildman–Crippen LogP) is 4.86. The Morgan fingerprint density at radius 3 is 2.57 bits per heavy atom. The molecule has 1 N–H and O–H groups in total. The number of aliphatic hydroxyl groups is 1. The van der Waals surface area contributed by atoms with Crippen molar-refractivity contribution < 1.29 is 9.50 Å². The molecule has 0 aliphatic heterocycles. The molecule has 2 heterocycles. The van der Waals surface area contributed by atoms with E-state index in [1.807, 2.05) is 19.1 Å². The Balaban J connectivity index is 2.04. The van der Waals surface area contributed by atoms with Gasteiger partial charge in [0.1, 0.15) is 11.3 Å². The normalized spacial score (nSPS) is 12.3. The highest BCUT2D eigenvalue weighted by molar-refractivity contribution is 6.30. The lowest BCUT2D eigenvalue weighted by Gasteiger charge is -2.16. The summed E-state index contributed by atoms with van der Waals surface area (Å²) in [7, 11) is 0. The Labute approximate surface area is 177 Å². The number of hydrogen-bond acceptors (Lipinski definition) is 4. The first-order valence-corrected chi connectivity index (χ1v) is 9.94. The molecule has 5 nitrogen and oxygen atoms in total. The molecule has 0 bridgehead atoms. The average Bonchev–Trinajstić information content (AvgIpc) is 2.76. The van der Waals surface area contributed by atoms with Gasteiger partial charge in [-0.05, 0) is 36.8 Å². The van der Waals surface area contributed by atoms with E-state index in [-0.39, 0.29) is 18.2 Å². The lowest BCUT2D eigenvalue weighted by Crippen LogP contribution is -2.27. The van der Waals surface area contributed by atoms with Crippen molar-refractivity contribution in [3.05, 3.63) is 82.1 Å². The summed E-state index contributed by atoms with van der Waals surface area (Å²) in [4.78, 5) is 22.4. The summed E-state index contributed by atoms with van der Waals surface area (Å²) < 4.78 is 15.3. The summed E-state index contributed by atoms with van der Waals surface area (Å²) in [6, 6.07) is 14.4. The molecule has 0 aliphatic carbocycles. The van der Waals surface area contributed by atoms with Gasteiger partial charge in [-0.25, -0.2) is 14.4 Å². The van der Waals surface area contributed by atoms with E-state index < -0.39 is 5.82 Å². The second-order valence-electron chi connectivity index (χ2n) is 6.97. The summed E-state index contributed by atoms with van der Waals surface area (Å²) in [6.07, 6.45) is 2.00. The zero-order chi connectivity index (χ0) is 21.3. The third-order valence-corrected chi connectivity index (χ3v) is 5.33. The number of pyridine rings is 1. The molecule has 2 aromatic heterocycles. The molecule has 4 rings (SSSR count). The van der Waals surface area contributed by atoms with Gasteiger partial charge >= 0.3 is 0 Å². The van der Waals surface area contributed by atoms with Crippen molar-refractivity contribution in [3.63, 3.8) is 0 Å². The van der Waals surface area contributed by atoms with E-state index >= 15 is 0 Å². The summed E-state index contributed by atoms with van der Waals surface area (Å²) in [5.41, 5.74) is 2.35. The van der Waals surface area contributed by atoms with Crippen molar-refractivity contribution in [1.82, 2.24) is 14.5 Å². The van der Waals surface area contributed by atoms with Crippen molar-refractivity contribution in [1.29, 1.82) is 0 Å². The van der Waals surface area contributed by atoms with Gasteiger partial charge in [0.25, 0.3) is 5.56 Å². The number of hydrogen-bond donors (Lipinski definition) is 1. The smallest absolute Gasteiger partial charge is 0.261 e. The first-order chi connectivity index (χ1) is 14.5. The number of benzene rings is 2. The number of fused-ring (bicyclic) bond motifs is 1. The van der Waals surface area contributed by atoms with Crippen molar-refractivity contribution in [2.45, 2.75) is 19.4 Å². The van der Waals surface area contributed by atoms with E-state index in [4.69, 9.17) is 16.6 Å². The van der Waals surface area contributed by atoms with Gasteiger partial charge in [-0.3, -0.25) is 9.36 Å². The Kier molecular flexibility index (Phi) is 5.61. The van der Waals surface area contributed by atoms with Crippen molar-refractivity contribution in [2.24, 2.45) is 0 Å². The minimum absolute atomic E-state index is 0.171. The number of halogens is 2. The van der Waals surface area contributed by atoms with Crippen LogP contribution in [0.3, 0.4) is 0 Å². The lowest BCUT2D eigenvalue weighted by molar-refractivity contribution is 0.221. The Morgan fingerprint density at radius 1 is 1.13 bits per heavy atom. The molecule has 152 valence electrons. The van der Waals surface area contributed by atoms with Crippen molar-refractivity contribution >= 4 is 22.5 Å². The van der Waals surface area contributed by atoms with Crippen LogP contribution in [-0.4, -0.2) is 26.2 Å². The maximum atomic E-state index is 13.9. The highest BCUT2D eigenvalue weighted by atomic mass is 35.5. The van der Waals surface area contributed by atoms with Crippen LogP contribution >= 0.6 is 11.6 Å². The Bertz CT molecular complexity index is 1270. The summed E-state index contributed by atoms with van der Waals surface area (Å²) >= 11 is 6.00. The molecule has 0 spiro atoms. The summed E-state index contributed by atoms with van der Waals surface area (Å²) in [5.74, 6) is -0.404. The van der Waals surface area contributed by atoms with E-state index in [0.717, 1.165) is 5.56 Å². The second kappa shape index (κ2) is 8.34. The minimum Gasteiger partial charge on any atom is -0.394 e. The molecular formula is C23H19ClFN3O2. The van der Waals surface area contributed by atoms with Crippen molar-refractivity contribution in [2.75, 3.05) is 6.61 Å². The molecule has 0 aliphatic rings. The predicted molar refractivity (Wildman–Crippen MR) is 116 cm³/mol. The van der Waals surface area contributed by atoms with Crippen LogP contribution in [0.5, 0.6) is 0 Å². The van der Waals surface area contributed by atoms with Crippen LogP contribution in [0.1, 0.15) is 19.4 Å². The average molecular weight is 424 g/mol. The second-order valence-corrected chi connectivity index (χ2v) is 7.41. The van der Waals surface area contributed by atoms with E-state index in [2.05, 4.69) is 4.98 Å². The largest absolute Gasteiger partial charge is 0.394 e. The SMILES string of the molecule is CCC(CO)n1cnc2c(-c3cccc(F)c3)nc(-c3ccc(Cl)cc3)cc2c1=O. The first-order valence-electron chi connectivity index (χ1n) is 9.56. The van der Waals surface area contributed by atoms with Crippen LogP contribution in [0, 0.1) is 5.82 Å². The van der Waals surface area contributed by atoms with Gasteiger partial charge in [0.2, 0.25) is 0 Å². The van der Waals surface area contributed by atoms with E-state index in [0.29, 0.717) is 39.3 Å². The maximum absolute atomic E-state index is 13.9. The van der Waals surface area contributed by atoms with Crippen LogP contribution < -0.4 is 5.56 Å². The first kappa shape index (κ1) is 20.2. The molecule has 0 saturated heterocycles. The van der Waals surface area contributed by atoms with Gasteiger partial charge in [0.15, 0.2) is 0 Å². The van der Waals surface area contributed by atoms with E-state index in [1.54, 1.807) is 30.3 Å². The van der Waals surface area contributed by atoms with Crippen LogP contribution in [0.25, 0.3) is 33.4 Å². The van der Waals surface area contributed by atoms with E-state index in [1.165, 1.54) is 23.0 Å². The highest BCUT2D eigenvalue weighted by Gasteiger charge is 2.17. The molecule has 2 aromatic carbocycles. The lowest BCUT2D eigenvalue weighted by atomic mass is 10.0. The molecule has 30 heavy (non-hydrogen) atoms. The van der Waals surface area contributed by atoms with Gasteiger partial charge in [-0.2, -0.15) is 0 Å². The van der Waals surface area contributed by atoms with Gasteiger partial charge in [-0.1, -0.05) is 42.8 Å². The monoisotopic (exact) mass is 423 g/mol. The Hall–Kier alpha value is -3.09. The topological polar surface area (TPSA) is 68.0 Å². The molecule has 0 amide bonds. The third-order valence-electron chi connectivity index (χ3n) is 5.08. The molecule has 0 radical (unpaired) electrons. The highest BCUT2D eigenvalue weighted by Crippen LogP contribution is 2.30. The molecule has 7 heteroatoms. The molecule has 1 unspecified atom stereocenters. The molecular weight excluding hydrogens is 405 g/mol. The number of aliphatic hydroxyl groups excluding tert-OH is 1. The standard InChI is InChI=1S/C23H19ClFN3O2/c1-2-18(12-29)28-13-26-22-19(23(28)30)11-20(14-6-8-16(24)9-7-14)27-21(22)15-4-3-5-17(25)10-15/h3-11,13,18,29H,2,12H2,1H3. The zero-order valence-corrected chi connectivity index (χ0v) is 17.0. The fourth-order valence-corrected chi connectivity index (χ4v) is 3.55. The number of aromatic nitrogens is 3. The fourth-order valence-electron chi connectivity index (χ4n) is 3.42. The van der Waals surface area contributed by atoms with Gasteiger partial charge in [0.05, 0.1) is 35.8 Å². The van der Waals surface area contributed by atoms with Gasteiger partial charge < -0.3 is 5.11 Å². The van der Waals surface area contributed by atoms with Crippen LogP contribution in [0.4, 0.5) is 4.39 Å². The van der Waals surface area contributed by atoms with Crippen LogP contribution in [0.2, 0.25) is 5.02 Å². The van der Waals surface area contributed by atoms with Crippen LogP contribution in [0.15, 0.2) is 65.7 Å². The third kappa shape index (κ3) is 3.72. The maximum Gasteiger partial charge on any atom is 0.261 e. The van der Waals surface area contributed by atoms with Crippen LogP contribution in [-0.2, 0) is 0 Å². The Morgan fingerprint density at radius 2 is 1.90 bits per heavy atom. The quantitative estimate of drug-likeness (QED) is 0.497. The molecule has 0 saturated carbocycles. The van der Waals surface area contributed by atoms with Gasteiger partial charge in [-0.15, -0.1) is 0 Å². The molecule has 4 aromatic rings. The molecule has 1 atom stereocenters. The number of nitrogens with zero attached hydrogens (tertiary/aromatic N) is 3. The fraction of sp³-hybridized carbons (Fsp3) is 0.174. The van der Waals surface area contributed by atoms with E-state index in [9.17, 15) is 14.3 Å². The van der Waals surface area contributed by atoms with Crippen molar-refractivity contribution in [3.8, 4) is 22.5 Å². The zero-order valence-electron chi connectivity index (χ0n) is 16.2. The molecule has 0 fully saturated rings. The van der Waals surface area contributed by atoms with Gasteiger partial charge in [0, 0.05) is 16.1 Å². The number of rotatable bonds is 5.